The van der Waals surface area contributed by atoms with Gasteiger partial charge in [0, 0.05) is 29.9 Å². The van der Waals surface area contributed by atoms with Gasteiger partial charge in [-0.1, -0.05) is 24.3 Å². The van der Waals surface area contributed by atoms with E-state index in [1.165, 1.54) is 4.90 Å². The van der Waals surface area contributed by atoms with Crippen LogP contribution in [0.4, 0.5) is 10.5 Å². The number of carbonyl (C=O) groups excluding carboxylic acids is 2. The van der Waals surface area contributed by atoms with Gasteiger partial charge in [-0.2, -0.15) is 0 Å². The van der Waals surface area contributed by atoms with E-state index in [1.807, 2.05) is 12.1 Å². The Bertz CT molecular complexity index is 735. The molecule has 1 aliphatic heterocycles. The Kier molecular flexibility index (Phi) is 2.56. The quantitative estimate of drug-likeness (QED) is 0.798. The van der Waals surface area contributed by atoms with E-state index in [4.69, 9.17) is 0 Å². The van der Waals surface area contributed by atoms with Gasteiger partial charge >= 0.3 is 6.03 Å². The number of hydrogen-bond acceptors (Lipinski definition) is 3. The lowest BCUT2D eigenvalue weighted by atomic mass is 10.1. The summed E-state index contributed by atoms with van der Waals surface area (Å²) in [5.41, 5.74) is -0.0636. The number of imide groups is 1. The van der Waals surface area contributed by atoms with Crippen LogP contribution in [0.5, 0.6) is 0 Å². The summed E-state index contributed by atoms with van der Waals surface area (Å²) in [6, 6.07) is 6.73. The van der Waals surface area contributed by atoms with Gasteiger partial charge in [0.05, 0.1) is 0 Å². The molecular weight excluding hydrogens is 246 g/mol. The van der Waals surface area contributed by atoms with E-state index in [2.05, 4.69) is 10.3 Å². The van der Waals surface area contributed by atoms with E-state index in [0.29, 0.717) is 5.39 Å². The van der Waals surface area contributed by atoms with E-state index < -0.39 is 6.03 Å². The van der Waals surface area contributed by atoms with Crippen LogP contribution >= 0.6 is 0 Å². The highest BCUT2D eigenvalue weighted by atomic mass is 16.2. The van der Waals surface area contributed by atoms with Crippen LogP contribution in [0.3, 0.4) is 0 Å². The van der Waals surface area contributed by atoms with Crippen molar-refractivity contribution in [2.24, 2.45) is 0 Å². The summed E-state index contributed by atoms with van der Waals surface area (Å²) >= 11 is 0. The molecule has 0 aliphatic carbocycles. The molecule has 6 heteroatoms. The molecule has 0 bridgehead atoms. The minimum absolute atomic E-state index is 0.189. The molecule has 1 fully saturated rings. The molecule has 3 rings (SSSR count). The smallest absolute Gasteiger partial charge is 0.327 e. The molecule has 1 aromatic heterocycles. The minimum Gasteiger partial charge on any atom is -0.327 e. The molecule has 2 N–H and O–H groups in total. The molecule has 2 aromatic rings. The van der Waals surface area contributed by atoms with Crippen molar-refractivity contribution in [3.63, 3.8) is 0 Å². The maximum atomic E-state index is 12.0. The lowest BCUT2D eigenvalue weighted by Crippen LogP contribution is -2.51. The van der Waals surface area contributed by atoms with E-state index in [1.54, 1.807) is 18.3 Å². The number of anilines is 1. The fourth-order valence-corrected chi connectivity index (χ4v) is 2.22. The second kappa shape index (κ2) is 4.24. The molecule has 96 valence electrons. The number of aromatic nitrogens is 1. The molecule has 0 radical (unpaired) electrons. The summed E-state index contributed by atoms with van der Waals surface area (Å²) in [4.78, 5) is 38.9. The Balaban J connectivity index is 2.19. The third-order valence-corrected chi connectivity index (χ3v) is 3.11. The number of nitrogens with zero attached hydrogens (tertiary/aromatic N) is 1. The molecule has 0 spiro atoms. The van der Waals surface area contributed by atoms with Crippen molar-refractivity contribution in [2.75, 3.05) is 11.4 Å². The third-order valence-electron chi connectivity index (χ3n) is 3.11. The Morgan fingerprint density at radius 1 is 1.11 bits per heavy atom. The zero-order chi connectivity index (χ0) is 13.4. The third kappa shape index (κ3) is 1.87. The van der Waals surface area contributed by atoms with E-state index in [0.717, 1.165) is 5.39 Å². The lowest BCUT2D eigenvalue weighted by Gasteiger charge is -2.26. The molecule has 2 heterocycles. The van der Waals surface area contributed by atoms with E-state index >= 15 is 0 Å². The Morgan fingerprint density at radius 2 is 1.89 bits per heavy atom. The largest absolute Gasteiger partial charge is 0.328 e. The maximum Gasteiger partial charge on any atom is 0.328 e. The molecule has 6 nitrogen and oxygen atoms in total. The summed E-state index contributed by atoms with van der Waals surface area (Å²) in [6.45, 7) is 0.210. The monoisotopic (exact) mass is 257 g/mol. The van der Waals surface area contributed by atoms with Crippen LogP contribution in [0.15, 0.2) is 35.3 Å². The van der Waals surface area contributed by atoms with Crippen molar-refractivity contribution < 1.29 is 9.59 Å². The van der Waals surface area contributed by atoms with Crippen LogP contribution in [-0.2, 0) is 4.79 Å². The van der Waals surface area contributed by atoms with Crippen molar-refractivity contribution in [2.45, 2.75) is 6.42 Å². The summed E-state index contributed by atoms with van der Waals surface area (Å²) < 4.78 is 0. The number of amides is 3. The predicted molar refractivity (Wildman–Crippen MR) is 70.1 cm³/mol. The minimum atomic E-state index is -0.557. The first-order valence-corrected chi connectivity index (χ1v) is 5.88. The molecule has 1 aliphatic rings. The van der Waals surface area contributed by atoms with Gasteiger partial charge in [-0.15, -0.1) is 0 Å². The van der Waals surface area contributed by atoms with Gasteiger partial charge in [-0.3, -0.25) is 19.8 Å². The molecule has 0 atom stereocenters. The molecule has 3 amide bonds. The van der Waals surface area contributed by atoms with Crippen LogP contribution in [0.25, 0.3) is 10.8 Å². The fraction of sp³-hybridized carbons (Fsp3) is 0.154. The number of H-pyrrole nitrogens is 1. The van der Waals surface area contributed by atoms with E-state index in [9.17, 15) is 14.4 Å². The summed E-state index contributed by atoms with van der Waals surface area (Å²) in [6.07, 6.45) is 1.79. The Labute approximate surface area is 108 Å². The van der Waals surface area contributed by atoms with Gasteiger partial charge in [0.1, 0.15) is 5.69 Å². The maximum absolute atomic E-state index is 12.0. The number of hydrogen-bond donors (Lipinski definition) is 2. The summed E-state index contributed by atoms with van der Waals surface area (Å²) in [7, 11) is 0. The SMILES string of the molecule is O=C1CCN(c2c(=O)[nH]cc3ccccc23)C(=O)N1. The standard InChI is InChI=1S/C13H11N3O3/c17-10-5-6-16(13(19)15-10)11-9-4-2-1-3-8(9)7-14-12(11)18/h1-4,7H,5-6H2,(H,14,18)(H,15,17,19). The normalized spacial score (nSPS) is 15.7. The topological polar surface area (TPSA) is 82.3 Å². The number of urea groups is 1. The number of rotatable bonds is 1. The van der Waals surface area contributed by atoms with Crippen molar-refractivity contribution in [3.05, 3.63) is 40.8 Å². The number of carbonyl (C=O) groups is 2. The van der Waals surface area contributed by atoms with Crippen LogP contribution in [0.2, 0.25) is 0 Å². The highest BCUT2D eigenvalue weighted by molar-refractivity contribution is 6.09. The highest BCUT2D eigenvalue weighted by Gasteiger charge is 2.27. The van der Waals surface area contributed by atoms with Crippen LogP contribution < -0.4 is 15.8 Å². The van der Waals surface area contributed by atoms with Crippen molar-refractivity contribution >= 4 is 28.4 Å². The lowest BCUT2D eigenvalue weighted by molar-refractivity contribution is -0.120. The zero-order valence-corrected chi connectivity index (χ0v) is 9.97. The summed E-state index contributed by atoms with van der Waals surface area (Å²) in [5, 5.41) is 3.74. The van der Waals surface area contributed by atoms with Crippen LogP contribution in [-0.4, -0.2) is 23.5 Å². The molecule has 0 unspecified atom stereocenters. The van der Waals surface area contributed by atoms with Gasteiger partial charge < -0.3 is 4.98 Å². The first-order chi connectivity index (χ1) is 9.16. The second-order valence-electron chi connectivity index (χ2n) is 4.31. The predicted octanol–water partition coefficient (Wildman–Crippen LogP) is 0.974. The van der Waals surface area contributed by atoms with Gasteiger partial charge in [0.25, 0.3) is 5.56 Å². The molecule has 0 saturated carbocycles. The highest BCUT2D eigenvalue weighted by Crippen LogP contribution is 2.23. The van der Waals surface area contributed by atoms with Gasteiger partial charge in [0.2, 0.25) is 5.91 Å². The average Bonchev–Trinajstić information content (AvgIpc) is 2.40. The van der Waals surface area contributed by atoms with Crippen LogP contribution in [0.1, 0.15) is 6.42 Å². The number of fused-ring (bicyclic) bond motifs is 1. The number of aromatic amines is 1. The Morgan fingerprint density at radius 3 is 2.68 bits per heavy atom. The first-order valence-electron chi connectivity index (χ1n) is 5.88. The molecule has 1 aromatic carbocycles. The first kappa shape index (κ1) is 11.5. The molecule has 19 heavy (non-hydrogen) atoms. The second-order valence-corrected chi connectivity index (χ2v) is 4.31. The van der Waals surface area contributed by atoms with E-state index in [-0.39, 0.29) is 30.1 Å². The molecule has 1 saturated heterocycles. The average molecular weight is 257 g/mol. The fourth-order valence-electron chi connectivity index (χ4n) is 2.22. The van der Waals surface area contributed by atoms with Crippen molar-refractivity contribution in [3.8, 4) is 0 Å². The number of nitrogens with one attached hydrogen (secondary N) is 2. The van der Waals surface area contributed by atoms with Crippen molar-refractivity contribution in [1.29, 1.82) is 0 Å². The Hall–Kier alpha value is -2.63. The van der Waals surface area contributed by atoms with Crippen molar-refractivity contribution in [1.82, 2.24) is 10.3 Å². The van der Waals surface area contributed by atoms with Gasteiger partial charge in [-0.25, -0.2) is 4.79 Å². The van der Waals surface area contributed by atoms with Crippen LogP contribution in [0, 0.1) is 0 Å². The number of benzene rings is 1. The number of pyridine rings is 1. The van der Waals surface area contributed by atoms with Gasteiger partial charge in [0.15, 0.2) is 0 Å². The molecular formula is C13H11N3O3. The zero-order valence-electron chi connectivity index (χ0n) is 9.97. The van der Waals surface area contributed by atoms with Gasteiger partial charge in [-0.05, 0) is 0 Å². The summed E-state index contributed by atoms with van der Waals surface area (Å²) in [5.74, 6) is -0.321.